The van der Waals surface area contributed by atoms with Crippen LogP contribution in [0.5, 0.6) is 0 Å². The summed E-state index contributed by atoms with van der Waals surface area (Å²) in [6.45, 7) is 4.25. The fraction of sp³-hybridized carbons (Fsp3) is 0.600. The highest BCUT2D eigenvalue weighted by atomic mass is 19.2. The Morgan fingerprint density at radius 1 is 1.00 bits per heavy atom. The average molecular weight is 441 g/mol. The van der Waals surface area contributed by atoms with Crippen molar-refractivity contribution in [3.63, 3.8) is 0 Å². The fourth-order valence-electron chi connectivity index (χ4n) is 4.54. The molecule has 6 heteroatoms. The molecule has 2 nitrogen and oxygen atoms in total. The molecule has 0 spiro atoms. The van der Waals surface area contributed by atoms with E-state index in [0.29, 0.717) is 0 Å². The molecule has 0 N–H and O–H groups in total. The molecule has 0 aliphatic heterocycles. The van der Waals surface area contributed by atoms with Gasteiger partial charge in [-0.15, -0.1) is 0 Å². The number of rotatable bonds is 9. The standard InChI is InChI=1S/C25H32F4O2/c1-3-5-7-17-10-12-18(13-11-17)16-31-25(30-4-2)15-14-20(23(28)24(25)29)19-8-6-9-21(26)22(19)27/h6,8-9,14-15,17-18,24H,3-5,7,10-13,16H2,1-2H3. The van der Waals surface area contributed by atoms with Gasteiger partial charge in [-0.05, 0) is 43.7 Å². The minimum absolute atomic E-state index is 0.117. The Kier molecular flexibility index (Phi) is 8.34. The van der Waals surface area contributed by atoms with Gasteiger partial charge in [-0.2, -0.15) is 0 Å². The van der Waals surface area contributed by atoms with Gasteiger partial charge in [0.15, 0.2) is 11.6 Å². The minimum Gasteiger partial charge on any atom is -0.344 e. The molecule has 31 heavy (non-hydrogen) atoms. The van der Waals surface area contributed by atoms with Crippen LogP contribution in [0.25, 0.3) is 5.57 Å². The van der Waals surface area contributed by atoms with Crippen molar-refractivity contribution in [2.45, 2.75) is 70.8 Å². The van der Waals surface area contributed by atoms with Crippen LogP contribution in [-0.2, 0) is 9.47 Å². The van der Waals surface area contributed by atoms with Crippen molar-refractivity contribution in [2.75, 3.05) is 13.2 Å². The SMILES string of the molecule is CCCCC1CCC(COC2(OCC)C=CC(c3cccc(F)c3F)=C(F)C2F)CC1. The monoisotopic (exact) mass is 440 g/mol. The lowest BCUT2D eigenvalue weighted by molar-refractivity contribution is -0.238. The first kappa shape index (κ1) is 24.0. The van der Waals surface area contributed by atoms with Crippen molar-refractivity contribution in [1.82, 2.24) is 0 Å². The van der Waals surface area contributed by atoms with Crippen LogP contribution in [0.15, 0.2) is 36.2 Å². The summed E-state index contributed by atoms with van der Waals surface area (Å²) in [6, 6.07) is 3.41. The summed E-state index contributed by atoms with van der Waals surface area (Å²) in [5.74, 6) is -4.44. The quantitative estimate of drug-likeness (QED) is 0.296. The van der Waals surface area contributed by atoms with E-state index in [1.165, 1.54) is 43.5 Å². The van der Waals surface area contributed by atoms with Crippen LogP contribution in [0.4, 0.5) is 17.6 Å². The zero-order valence-corrected chi connectivity index (χ0v) is 18.3. The number of allylic oxidation sites excluding steroid dienone is 2. The molecule has 0 amide bonds. The van der Waals surface area contributed by atoms with Crippen molar-refractivity contribution in [3.8, 4) is 0 Å². The number of unbranched alkanes of at least 4 members (excludes halogenated alkanes) is 1. The van der Waals surface area contributed by atoms with Crippen molar-refractivity contribution in [1.29, 1.82) is 0 Å². The summed E-state index contributed by atoms with van der Waals surface area (Å²) in [4.78, 5) is 0. The molecule has 1 fully saturated rings. The van der Waals surface area contributed by atoms with Gasteiger partial charge in [-0.3, -0.25) is 0 Å². The molecule has 1 saturated carbocycles. The summed E-state index contributed by atoms with van der Waals surface area (Å²) < 4.78 is 69.3. The fourth-order valence-corrected chi connectivity index (χ4v) is 4.54. The Balaban J connectivity index is 1.70. The van der Waals surface area contributed by atoms with Gasteiger partial charge in [-0.1, -0.05) is 57.2 Å². The van der Waals surface area contributed by atoms with Crippen LogP contribution >= 0.6 is 0 Å². The maximum atomic E-state index is 15.3. The summed E-state index contributed by atoms with van der Waals surface area (Å²) in [5.41, 5.74) is -0.660. The highest BCUT2D eigenvalue weighted by Gasteiger charge is 2.46. The van der Waals surface area contributed by atoms with E-state index < -0.39 is 29.4 Å². The highest BCUT2D eigenvalue weighted by Crippen LogP contribution is 2.41. The summed E-state index contributed by atoms with van der Waals surface area (Å²) in [7, 11) is 0. The Morgan fingerprint density at radius 2 is 1.71 bits per heavy atom. The lowest BCUT2D eigenvalue weighted by atomic mass is 9.80. The third-order valence-electron chi connectivity index (χ3n) is 6.40. The second kappa shape index (κ2) is 10.8. The molecule has 172 valence electrons. The second-order valence-electron chi connectivity index (χ2n) is 8.55. The van der Waals surface area contributed by atoms with Crippen molar-refractivity contribution >= 4 is 5.57 Å². The molecule has 1 aromatic rings. The van der Waals surface area contributed by atoms with Crippen LogP contribution in [0.1, 0.15) is 64.4 Å². The molecular formula is C25H32F4O2. The first-order valence-electron chi connectivity index (χ1n) is 11.4. The van der Waals surface area contributed by atoms with E-state index in [1.807, 2.05) is 0 Å². The molecule has 2 atom stereocenters. The van der Waals surface area contributed by atoms with E-state index in [9.17, 15) is 13.2 Å². The lowest BCUT2D eigenvalue weighted by Gasteiger charge is -2.37. The van der Waals surface area contributed by atoms with Crippen molar-refractivity contribution in [3.05, 3.63) is 53.4 Å². The van der Waals surface area contributed by atoms with Crippen LogP contribution < -0.4 is 0 Å². The Bertz CT molecular complexity index is 799. The summed E-state index contributed by atoms with van der Waals surface area (Å²) in [5, 5.41) is 0. The number of halogens is 4. The average Bonchev–Trinajstić information content (AvgIpc) is 2.78. The van der Waals surface area contributed by atoms with Gasteiger partial charge in [0.1, 0.15) is 5.83 Å². The topological polar surface area (TPSA) is 18.5 Å². The first-order valence-corrected chi connectivity index (χ1v) is 11.4. The van der Waals surface area contributed by atoms with E-state index in [4.69, 9.17) is 9.47 Å². The number of hydrogen-bond acceptors (Lipinski definition) is 2. The molecule has 3 rings (SSSR count). The predicted molar refractivity (Wildman–Crippen MR) is 114 cm³/mol. The maximum Gasteiger partial charge on any atom is 0.227 e. The van der Waals surface area contributed by atoms with E-state index in [1.54, 1.807) is 6.92 Å². The van der Waals surface area contributed by atoms with E-state index in [2.05, 4.69) is 6.92 Å². The maximum absolute atomic E-state index is 15.3. The third-order valence-corrected chi connectivity index (χ3v) is 6.40. The van der Waals surface area contributed by atoms with Gasteiger partial charge in [-0.25, -0.2) is 17.6 Å². The Hall–Kier alpha value is -1.66. The molecule has 2 unspecified atom stereocenters. The Morgan fingerprint density at radius 3 is 2.39 bits per heavy atom. The molecular weight excluding hydrogens is 408 g/mol. The zero-order chi connectivity index (χ0) is 22.4. The Labute approximate surface area is 182 Å². The summed E-state index contributed by atoms with van der Waals surface area (Å²) >= 11 is 0. The number of alkyl halides is 1. The first-order chi connectivity index (χ1) is 14.9. The summed E-state index contributed by atoms with van der Waals surface area (Å²) in [6.07, 6.45) is 8.18. The van der Waals surface area contributed by atoms with E-state index >= 15 is 4.39 Å². The second-order valence-corrected chi connectivity index (χ2v) is 8.55. The van der Waals surface area contributed by atoms with Crippen LogP contribution in [0, 0.1) is 23.5 Å². The lowest BCUT2D eigenvalue weighted by Crippen LogP contribution is -2.46. The predicted octanol–water partition coefficient (Wildman–Crippen LogP) is 7.30. The van der Waals surface area contributed by atoms with Crippen molar-refractivity contribution in [2.24, 2.45) is 11.8 Å². The molecule has 0 radical (unpaired) electrons. The van der Waals surface area contributed by atoms with E-state index in [-0.39, 0.29) is 30.3 Å². The molecule has 1 aromatic carbocycles. The van der Waals surface area contributed by atoms with Crippen molar-refractivity contribution < 1.29 is 27.0 Å². The normalized spacial score (nSPS) is 28.9. The molecule has 2 aliphatic rings. The van der Waals surface area contributed by atoms with Gasteiger partial charge in [0.25, 0.3) is 0 Å². The molecule has 0 bridgehead atoms. The zero-order valence-electron chi connectivity index (χ0n) is 18.3. The van der Waals surface area contributed by atoms with Gasteiger partial charge < -0.3 is 9.47 Å². The molecule has 0 aromatic heterocycles. The third kappa shape index (κ3) is 5.40. The van der Waals surface area contributed by atoms with Crippen LogP contribution in [0.2, 0.25) is 0 Å². The van der Waals surface area contributed by atoms with Gasteiger partial charge in [0.05, 0.1) is 6.61 Å². The van der Waals surface area contributed by atoms with Gasteiger partial charge in [0.2, 0.25) is 12.0 Å². The van der Waals surface area contributed by atoms with Crippen LogP contribution in [-0.4, -0.2) is 25.2 Å². The molecule has 0 heterocycles. The van der Waals surface area contributed by atoms with Crippen LogP contribution in [0.3, 0.4) is 0 Å². The van der Waals surface area contributed by atoms with Gasteiger partial charge in [0, 0.05) is 17.7 Å². The van der Waals surface area contributed by atoms with Gasteiger partial charge >= 0.3 is 0 Å². The highest BCUT2D eigenvalue weighted by molar-refractivity contribution is 5.78. The van der Waals surface area contributed by atoms with E-state index in [0.717, 1.165) is 37.7 Å². The molecule has 2 aliphatic carbocycles. The largest absolute Gasteiger partial charge is 0.344 e. The molecule has 0 saturated heterocycles. The smallest absolute Gasteiger partial charge is 0.227 e. The number of benzene rings is 1. The number of ether oxygens (including phenoxy) is 2. The number of hydrogen-bond donors (Lipinski definition) is 0. The minimum atomic E-state index is -2.27.